The van der Waals surface area contributed by atoms with Crippen molar-refractivity contribution in [1.29, 1.82) is 0 Å². The standard InChI is InChI=1S/C14H19N3O3/c1-8(2)12(18)7-15-14(19)17-10-4-5-11-13(6-10)20-9(3)16-11/h4-6,8,12,18H,7H2,1-3H3,(H2,15,17,19). The topological polar surface area (TPSA) is 87.4 Å². The molecule has 0 saturated heterocycles. The molecule has 2 amide bonds. The minimum atomic E-state index is -0.555. The maximum atomic E-state index is 11.7. The number of carbonyl (C=O) groups is 1. The van der Waals surface area contributed by atoms with Gasteiger partial charge in [-0.25, -0.2) is 9.78 Å². The summed E-state index contributed by atoms with van der Waals surface area (Å²) in [6.07, 6.45) is -0.555. The maximum absolute atomic E-state index is 11.7. The Bertz CT molecular complexity index is 607. The average Bonchev–Trinajstić information content (AvgIpc) is 2.75. The number of anilines is 1. The van der Waals surface area contributed by atoms with E-state index in [9.17, 15) is 9.90 Å². The SMILES string of the molecule is Cc1nc2ccc(NC(=O)NCC(O)C(C)C)cc2o1. The van der Waals surface area contributed by atoms with Crippen molar-refractivity contribution >= 4 is 22.8 Å². The molecule has 20 heavy (non-hydrogen) atoms. The zero-order valence-electron chi connectivity index (χ0n) is 11.8. The van der Waals surface area contributed by atoms with Crippen molar-refractivity contribution in [3.8, 4) is 0 Å². The summed E-state index contributed by atoms with van der Waals surface area (Å²) in [7, 11) is 0. The van der Waals surface area contributed by atoms with Crippen molar-refractivity contribution in [1.82, 2.24) is 10.3 Å². The fraction of sp³-hybridized carbons (Fsp3) is 0.429. The van der Waals surface area contributed by atoms with Gasteiger partial charge in [-0.3, -0.25) is 0 Å². The first kappa shape index (κ1) is 14.3. The number of carbonyl (C=O) groups excluding carboxylic acids is 1. The Morgan fingerprint density at radius 1 is 1.45 bits per heavy atom. The molecule has 2 rings (SSSR count). The molecule has 0 aliphatic heterocycles. The van der Waals surface area contributed by atoms with Crippen LogP contribution in [-0.4, -0.2) is 28.8 Å². The number of fused-ring (bicyclic) bond motifs is 1. The van der Waals surface area contributed by atoms with Gasteiger partial charge in [0, 0.05) is 25.2 Å². The van der Waals surface area contributed by atoms with E-state index >= 15 is 0 Å². The highest BCUT2D eigenvalue weighted by Gasteiger charge is 2.11. The largest absolute Gasteiger partial charge is 0.441 e. The molecule has 0 spiro atoms. The lowest BCUT2D eigenvalue weighted by Gasteiger charge is -2.15. The number of nitrogens with zero attached hydrogens (tertiary/aromatic N) is 1. The second kappa shape index (κ2) is 5.92. The molecule has 6 heteroatoms. The Hall–Kier alpha value is -2.08. The van der Waals surface area contributed by atoms with E-state index in [1.54, 1.807) is 25.1 Å². The van der Waals surface area contributed by atoms with Crippen LogP contribution in [0.25, 0.3) is 11.1 Å². The molecule has 1 aromatic heterocycles. The molecule has 0 radical (unpaired) electrons. The number of oxazole rings is 1. The van der Waals surface area contributed by atoms with Gasteiger partial charge in [0.15, 0.2) is 11.5 Å². The van der Waals surface area contributed by atoms with Gasteiger partial charge in [-0.1, -0.05) is 13.8 Å². The van der Waals surface area contributed by atoms with Crippen LogP contribution < -0.4 is 10.6 Å². The number of aromatic nitrogens is 1. The van der Waals surface area contributed by atoms with Crippen LogP contribution in [0.4, 0.5) is 10.5 Å². The van der Waals surface area contributed by atoms with Crippen molar-refractivity contribution in [3.05, 3.63) is 24.1 Å². The van der Waals surface area contributed by atoms with E-state index < -0.39 is 6.10 Å². The highest BCUT2D eigenvalue weighted by Crippen LogP contribution is 2.19. The third-order valence-corrected chi connectivity index (χ3v) is 2.99. The molecule has 0 aliphatic rings. The maximum Gasteiger partial charge on any atom is 0.319 e. The number of benzene rings is 1. The summed E-state index contributed by atoms with van der Waals surface area (Å²) < 4.78 is 5.40. The monoisotopic (exact) mass is 277 g/mol. The zero-order chi connectivity index (χ0) is 14.7. The summed E-state index contributed by atoms with van der Waals surface area (Å²) in [5.74, 6) is 0.686. The summed E-state index contributed by atoms with van der Waals surface area (Å²) in [5.41, 5.74) is 2.00. The van der Waals surface area contributed by atoms with Gasteiger partial charge < -0.3 is 20.2 Å². The van der Waals surface area contributed by atoms with Crippen LogP contribution in [0.15, 0.2) is 22.6 Å². The number of amides is 2. The lowest BCUT2D eigenvalue weighted by atomic mass is 10.1. The molecule has 1 aromatic carbocycles. The van der Waals surface area contributed by atoms with Crippen LogP contribution in [-0.2, 0) is 0 Å². The quantitative estimate of drug-likeness (QED) is 0.800. The molecule has 108 valence electrons. The van der Waals surface area contributed by atoms with Crippen LogP contribution in [0.2, 0.25) is 0 Å². The summed E-state index contributed by atoms with van der Waals surface area (Å²) >= 11 is 0. The second-order valence-corrected chi connectivity index (χ2v) is 5.06. The van der Waals surface area contributed by atoms with Crippen molar-refractivity contribution in [2.24, 2.45) is 5.92 Å². The Balaban J connectivity index is 1.95. The third-order valence-electron chi connectivity index (χ3n) is 2.99. The molecule has 0 aliphatic carbocycles. The lowest BCUT2D eigenvalue weighted by molar-refractivity contribution is 0.126. The normalized spacial score (nSPS) is 12.7. The van der Waals surface area contributed by atoms with Gasteiger partial charge >= 0.3 is 6.03 Å². The molecular formula is C14H19N3O3. The molecular weight excluding hydrogens is 258 g/mol. The van der Waals surface area contributed by atoms with Gasteiger partial charge in [-0.2, -0.15) is 0 Å². The molecule has 0 saturated carbocycles. The fourth-order valence-corrected chi connectivity index (χ4v) is 1.73. The molecule has 1 atom stereocenters. The third kappa shape index (κ3) is 3.48. The fourth-order valence-electron chi connectivity index (χ4n) is 1.73. The molecule has 0 bridgehead atoms. The van der Waals surface area contributed by atoms with Crippen LogP contribution in [0, 0.1) is 12.8 Å². The number of hydrogen-bond donors (Lipinski definition) is 3. The first-order chi connectivity index (χ1) is 9.45. The van der Waals surface area contributed by atoms with Crippen molar-refractivity contribution in [2.75, 3.05) is 11.9 Å². The first-order valence-corrected chi connectivity index (χ1v) is 6.56. The second-order valence-electron chi connectivity index (χ2n) is 5.06. The molecule has 1 heterocycles. The summed E-state index contributed by atoms with van der Waals surface area (Å²) in [4.78, 5) is 15.9. The predicted octanol–water partition coefficient (Wildman–Crippen LogP) is 2.27. The highest BCUT2D eigenvalue weighted by molar-refractivity contribution is 5.91. The van der Waals surface area contributed by atoms with E-state index in [1.807, 2.05) is 13.8 Å². The first-order valence-electron chi connectivity index (χ1n) is 6.56. The van der Waals surface area contributed by atoms with Gasteiger partial charge in [0.25, 0.3) is 0 Å². The summed E-state index contributed by atoms with van der Waals surface area (Å²) in [5, 5.41) is 14.9. The van der Waals surface area contributed by atoms with E-state index in [-0.39, 0.29) is 18.5 Å². The minimum absolute atomic E-state index is 0.101. The number of aliphatic hydroxyl groups is 1. The number of nitrogens with one attached hydrogen (secondary N) is 2. The van der Waals surface area contributed by atoms with E-state index in [0.29, 0.717) is 17.2 Å². The van der Waals surface area contributed by atoms with Gasteiger partial charge in [0.05, 0.1) is 6.10 Å². The molecule has 3 N–H and O–H groups in total. The Labute approximate surface area is 117 Å². The Kier molecular flexibility index (Phi) is 4.24. The van der Waals surface area contributed by atoms with Gasteiger partial charge in [0.2, 0.25) is 0 Å². The number of aliphatic hydroxyl groups excluding tert-OH is 1. The molecule has 1 unspecified atom stereocenters. The Morgan fingerprint density at radius 2 is 2.20 bits per heavy atom. The Morgan fingerprint density at radius 3 is 2.90 bits per heavy atom. The van der Waals surface area contributed by atoms with Crippen molar-refractivity contribution in [3.63, 3.8) is 0 Å². The van der Waals surface area contributed by atoms with Crippen LogP contribution in [0.3, 0.4) is 0 Å². The van der Waals surface area contributed by atoms with E-state index in [4.69, 9.17) is 4.42 Å². The number of hydrogen-bond acceptors (Lipinski definition) is 4. The van der Waals surface area contributed by atoms with Crippen LogP contribution in [0.5, 0.6) is 0 Å². The summed E-state index contributed by atoms with van der Waals surface area (Å²) in [6.45, 7) is 5.77. The average molecular weight is 277 g/mol. The van der Waals surface area contributed by atoms with Crippen molar-refractivity contribution < 1.29 is 14.3 Å². The van der Waals surface area contributed by atoms with E-state index in [0.717, 1.165) is 5.52 Å². The van der Waals surface area contributed by atoms with Crippen LogP contribution >= 0.6 is 0 Å². The van der Waals surface area contributed by atoms with E-state index in [2.05, 4.69) is 15.6 Å². The van der Waals surface area contributed by atoms with Crippen LogP contribution in [0.1, 0.15) is 19.7 Å². The highest BCUT2D eigenvalue weighted by atomic mass is 16.3. The zero-order valence-corrected chi connectivity index (χ0v) is 11.8. The van der Waals surface area contributed by atoms with Gasteiger partial charge in [-0.05, 0) is 18.1 Å². The smallest absolute Gasteiger partial charge is 0.319 e. The molecule has 0 fully saturated rings. The van der Waals surface area contributed by atoms with Gasteiger partial charge in [0.1, 0.15) is 5.52 Å². The predicted molar refractivity (Wildman–Crippen MR) is 76.6 cm³/mol. The molecule has 2 aromatic rings. The summed E-state index contributed by atoms with van der Waals surface area (Å²) in [6, 6.07) is 4.89. The minimum Gasteiger partial charge on any atom is -0.441 e. The van der Waals surface area contributed by atoms with Crippen molar-refractivity contribution in [2.45, 2.75) is 26.9 Å². The van der Waals surface area contributed by atoms with E-state index in [1.165, 1.54) is 0 Å². The van der Waals surface area contributed by atoms with Gasteiger partial charge in [-0.15, -0.1) is 0 Å². The number of urea groups is 1. The number of rotatable bonds is 4. The number of aryl methyl sites for hydroxylation is 1. The lowest BCUT2D eigenvalue weighted by Crippen LogP contribution is -2.37. The molecule has 6 nitrogen and oxygen atoms in total.